The quantitative estimate of drug-likeness (QED) is 0.649. The Bertz CT molecular complexity index is 251. The molecule has 0 N–H and O–H groups in total. The molecule has 0 unspecified atom stereocenters. The van der Waals surface area contributed by atoms with Gasteiger partial charge in [-0.1, -0.05) is 20.8 Å². The first-order valence-corrected chi connectivity index (χ1v) is 5.55. The number of nitriles is 1. The second-order valence-corrected chi connectivity index (χ2v) is 5.09. The third kappa shape index (κ3) is 8.25. The van der Waals surface area contributed by atoms with E-state index in [0.717, 1.165) is 6.42 Å². The van der Waals surface area contributed by atoms with Crippen LogP contribution in [0.2, 0.25) is 0 Å². The van der Waals surface area contributed by atoms with Gasteiger partial charge in [-0.05, 0) is 11.8 Å². The van der Waals surface area contributed by atoms with Gasteiger partial charge in [-0.2, -0.15) is 5.26 Å². The molecule has 0 aliphatic heterocycles. The molecule has 4 heteroatoms. The average molecular weight is 226 g/mol. The minimum Gasteiger partial charge on any atom is -0.372 e. The molecule has 0 fully saturated rings. The van der Waals surface area contributed by atoms with E-state index in [0.29, 0.717) is 19.6 Å². The number of hydrogen-bond donors (Lipinski definition) is 0. The maximum atomic E-state index is 11.5. The summed E-state index contributed by atoms with van der Waals surface area (Å²) in [6, 6.07) is 2.01. The lowest BCUT2D eigenvalue weighted by Gasteiger charge is -2.19. The summed E-state index contributed by atoms with van der Waals surface area (Å²) in [6.07, 6.45) is 1.30. The van der Waals surface area contributed by atoms with Crippen molar-refractivity contribution in [3.63, 3.8) is 0 Å². The van der Waals surface area contributed by atoms with Crippen LogP contribution in [0.5, 0.6) is 0 Å². The van der Waals surface area contributed by atoms with Crippen molar-refractivity contribution in [1.82, 2.24) is 4.90 Å². The summed E-state index contributed by atoms with van der Waals surface area (Å²) in [6.45, 7) is 7.59. The highest BCUT2D eigenvalue weighted by molar-refractivity contribution is 5.77. The molecule has 0 atom stereocenters. The van der Waals surface area contributed by atoms with Gasteiger partial charge in [-0.15, -0.1) is 0 Å². The highest BCUT2D eigenvalue weighted by atomic mass is 16.5. The summed E-state index contributed by atoms with van der Waals surface area (Å²) in [5, 5.41) is 8.38. The van der Waals surface area contributed by atoms with Crippen LogP contribution in [0.15, 0.2) is 0 Å². The molecule has 4 nitrogen and oxygen atoms in total. The monoisotopic (exact) mass is 226 g/mol. The number of hydrogen-bond acceptors (Lipinski definition) is 3. The lowest BCUT2D eigenvalue weighted by Crippen LogP contribution is -2.31. The molecule has 0 aliphatic rings. The van der Waals surface area contributed by atoms with Gasteiger partial charge >= 0.3 is 0 Å². The first-order chi connectivity index (χ1) is 7.37. The van der Waals surface area contributed by atoms with Crippen molar-refractivity contribution in [3.05, 3.63) is 0 Å². The van der Waals surface area contributed by atoms with Crippen molar-refractivity contribution >= 4 is 5.91 Å². The Morgan fingerprint density at radius 2 is 2.06 bits per heavy atom. The Morgan fingerprint density at radius 3 is 2.56 bits per heavy atom. The zero-order valence-corrected chi connectivity index (χ0v) is 10.7. The first-order valence-electron chi connectivity index (χ1n) is 5.55. The predicted molar refractivity (Wildman–Crippen MR) is 62.8 cm³/mol. The molecule has 0 heterocycles. The predicted octanol–water partition coefficient (Wildman–Crippen LogP) is 1.81. The number of nitrogens with zero attached hydrogens (tertiary/aromatic N) is 2. The molecule has 0 rings (SSSR count). The third-order valence-corrected chi connectivity index (χ3v) is 2.21. The fourth-order valence-electron chi connectivity index (χ4n) is 0.990. The van der Waals surface area contributed by atoms with Gasteiger partial charge in [0.05, 0.1) is 12.5 Å². The van der Waals surface area contributed by atoms with E-state index in [2.05, 4.69) is 20.8 Å². The van der Waals surface area contributed by atoms with E-state index >= 15 is 0 Å². The van der Waals surface area contributed by atoms with E-state index in [1.807, 2.05) is 6.07 Å². The number of ether oxygens (including phenoxy) is 1. The van der Waals surface area contributed by atoms with E-state index in [4.69, 9.17) is 10.00 Å². The van der Waals surface area contributed by atoms with Crippen LogP contribution in [0.4, 0.5) is 0 Å². The fourth-order valence-corrected chi connectivity index (χ4v) is 0.990. The lowest BCUT2D eigenvalue weighted by molar-refractivity contribution is -0.135. The Morgan fingerprint density at radius 1 is 1.44 bits per heavy atom. The molecule has 0 radical (unpaired) electrons. The summed E-state index contributed by atoms with van der Waals surface area (Å²) >= 11 is 0. The zero-order chi connectivity index (χ0) is 12.6. The van der Waals surface area contributed by atoms with Crippen molar-refractivity contribution in [2.75, 3.05) is 26.8 Å². The minimum atomic E-state index is -0.0656. The smallest absolute Gasteiger partial charge is 0.248 e. The van der Waals surface area contributed by atoms with Crippen LogP contribution in [-0.2, 0) is 9.53 Å². The maximum Gasteiger partial charge on any atom is 0.248 e. The normalized spacial score (nSPS) is 10.9. The van der Waals surface area contributed by atoms with Crippen LogP contribution in [-0.4, -0.2) is 37.6 Å². The SMILES string of the molecule is CN(CCC#N)C(=O)COCCC(C)(C)C. The standard InChI is InChI=1S/C12H22N2O2/c1-12(2,3)6-9-16-10-11(15)14(4)8-5-7-13/h5-6,8-10H2,1-4H3. The molecule has 0 aromatic rings. The molecule has 1 amide bonds. The molecule has 92 valence electrons. The Balaban J connectivity index is 3.62. The average Bonchev–Trinajstić information content (AvgIpc) is 2.19. The van der Waals surface area contributed by atoms with Crippen LogP contribution in [0, 0.1) is 16.7 Å². The topological polar surface area (TPSA) is 53.3 Å². The van der Waals surface area contributed by atoms with Gasteiger partial charge in [0, 0.05) is 20.2 Å². The van der Waals surface area contributed by atoms with Gasteiger partial charge in [0.2, 0.25) is 5.91 Å². The molecule has 0 bridgehead atoms. The fraction of sp³-hybridized carbons (Fsp3) is 0.833. The Kier molecular flexibility index (Phi) is 6.75. The van der Waals surface area contributed by atoms with Crippen LogP contribution in [0.25, 0.3) is 0 Å². The van der Waals surface area contributed by atoms with Crippen LogP contribution in [0.1, 0.15) is 33.6 Å². The molecule has 0 saturated heterocycles. The number of likely N-dealkylation sites (N-methyl/N-ethyl adjacent to an activating group) is 1. The van der Waals surface area contributed by atoms with Crippen molar-refractivity contribution < 1.29 is 9.53 Å². The van der Waals surface area contributed by atoms with Crippen LogP contribution >= 0.6 is 0 Å². The van der Waals surface area contributed by atoms with Gasteiger partial charge in [-0.25, -0.2) is 0 Å². The third-order valence-electron chi connectivity index (χ3n) is 2.21. The molecule has 0 saturated carbocycles. The molecule has 0 aromatic heterocycles. The highest BCUT2D eigenvalue weighted by Crippen LogP contribution is 2.17. The zero-order valence-electron chi connectivity index (χ0n) is 10.7. The van der Waals surface area contributed by atoms with Crippen molar-refractivity contribution in [1.29, 1.82) is 5.26 Å². The summed E-state index contributed by atoms with van der Waals surface area (Å²) < 4.78 is 5.30. The van der Waals surface area contributed by atoms with Crippen LogP contribution < -0.4 is 0 Å². The Labute approximate surface area is 98.2 Å². The lowest BCUT2D eigenvalue weighted by atomic mass is 9.93. The number of carbonyl (C=O) groups is 1. The van der Waals surface area contributed by atoms with Gasteiger partial charge < -0.3 is 9.64 Å². The summed E-state index contributed by atoms with van der Waals surface area (Å²) in [7, 11) is 1.69. The summed E-state index contributed by atoms with van der Waals surface area (Å²) in [5.41, 5.74) is 0.232. The van der Waals surface area contributed by atoms with Gasteiger partial charge in [-0.3, -0.25) is 4.79 Å². The second kappa shape index (κ2) is 7.24. The molecular formula is C12H22N2O2. The molecule has 16 heavy (non-hydrogen) atoms. The van der Waals surface area contributed by atoms with Crippen LogP contribution in [0.3, 0.4) is 0 Å². The summed E-state index contributed by atoms with van der Waals surface area (Å²) in [5.74, 6) is -0.0656. The first kappa shape index (κ1) is 14.9. The van der Waals surface area contributed by atoms with E-state index < -0.39 is 0 Å². The maximum absolute atomic E-state index is 11.5. The van der Waals surface area contributed by atoms with E-state index in [1.54, 1.807) is 7.05 Å². The van der Waals surface area contributed by atoms with Gasteiger partial charge in [0.15, 0.2) is 0 Å². The van der Waals surface area contributed by atoms with E-state index in [9.17, 15) is 4.79 Å². The summed E-state index contributed by atoms with van der Waals surface area (Å²) in [4.78, 5) is 13.0. The van der Waals surface area contributed by atoms with Gasteiger partial charge in [0.25, 0.3) is 0 Å². The Hall–Kier alpha value is -1.08. The molecule has 0 aromatic carbocycles. The van der Waals surface area contributed by atoms with E-state index in [-0.39, 0.29) is 17.9 Å². The molecular weight excluding hydrogens is 204 g/mol. The second-order valence-electron chi connectivity index (χ2n) is 5.09. The van der Waals surface area contributed by atoms with E-state index in [1.165, 1.54) is 4.90 Å². The van der Waals surface area contributed by atoms with Crippen molar-refractivity contribution in [3.8, 4) is 6.07 Å². The van der Waals surface area contributed by atoms with Gasteiger partial charge in [0.1, 0.15) is 6.61 Å². The van der Waals surface area contributed by atoms with Crippen molar-refractivity contribution in [2.45, 2.75) is 33.6 Å². The highest BCUT2D eigenvalue weighted by Gasteiger charge is 2.11. The molecule has 0 aliphatic carbocycles. The number of amides is 1. The minimum absolute atomic E-state index is 0.0656. The largest absolute Gasteiger partial charge is 0.372 e. The van der Waals surface area contributed by atoms with Crippen molar-refractivity contribution in [2.24, 2.45) is 5.41 Å². The number of carbonyl (C=O) groups excluding carboxylic acids is 1. The molecule has 0 spiro atoms. The number of rotatable bonds is 6.